The highest BCUT2D eigenvalue weighted by atomic mass is 16.4. The Morgan fingerprint density at radius 1 is 1.50 bits per heavy atom. The maximum Gasteiger partial charge on any atom is 0.328 e. The van der Waals surface area contributed by atoms with E-state index in [1.165, 1.54) is 13.8 Å². The average Bonchev–Trinajstić information content (AvgIpc) is 2.17. The minimum absolute atomic E-state index is 0.0611. The van der Waals surface area contributed by atoms with Gasteiger partial charge in [-0.2, -0.15) is 0 Å². The third-order valence-electron chi connectivity index (χ3n) is 2.30. The molecule has 0 aliphatic carbocycles. The largest absolute Gasteiger partial charge is 0.480 e. The molecule has 1 aliphatic rings. The fraction of sp³-hybridized carbons (Fsp3) is 0.667. The van der Waals surface area contributed by atoms with E-state index in [0.29, 0.717) is 0 Å². The van der Waals surface area contributed by atoms with Crippen LogP contribution in [0, 0.1) is 0 Å². The Bertz CT molecular complexity index is 317. The van der Waals surface area contributed by atoms with E-state index >= 15 is 0 Å². The van der Waals surface area contributed by atoms with Crippen molar-refractivity contribution in [2.75, 3.05) is 13.1 Å². The molecule has 16 heavy (non-hydrogen) atoms. The van der Waals surface area contributed by atoms with Crippen LogP contribution in [0.1, 0.15) is 13.8 Å². The maximum absolute atomic E-state index is 11.6. The molecule has 1 aliphatic heterocycles. The third kappa shape index (κ3) is 2.93. The highest BCUT2D eigenvalue weighted by Crippen LogP contribution is 2.02. The summed E-state index contributed by atoms with van der Waals surface area (Å²) in [6.07, 6.45) is 0. The molecule has 0 spiro atoms. The molecular formula is C9H15N3O4. The van der Waals surface area contributed by atoms with Gasteiger partial charge in [0.15, 0.2) is 0 Å². The molecule has 1 heterocycles. The van der Waals surface area contributed by atoms with Gasteiger partial charge in [0.1, 0.15) is 11.6 Å². The number of aliphatic carboxylic acids is 1. The first kappa shape index (κ1) is 12.4. The van der Waals surface area contributed by atoms with Crippen LogP contribution in [0.15, 0.2) is 0 Å². The summed E-state index contributed by atoms with van der Waals surface area (Å²) in [7, 11) is 0. The number of hydrogen-bond acceptors (Lipinski definition) is 4. The Balaban J connectivity index is 2.53. The SMILES string of the molecule is CC(C)(NC(=O)C1CNC(=O)CN1)C(=O)O. The van der Waals surface area contributed by atoms with Crippen LogP contribution in [0.4, 0.5) is 0 Å². The monoisotopic (exact) mass is 229 g/mol. The number of piperazine rings is 1. The van der Waals surface area contributed by atoms with E-state index in [-0.39, 0.29) is 19.0 Å². The van der Waals surface area contributed by atoms with Crippen molar-refractivity contribution in [1.29, 1.82) is 0 Å². The normalized spacial score (nSPS) is 21.1. The topological polar surface area (TPSA) is 108 Å². The van der Waals surface area contributed by atoms with Crippen LogP contribution in [-0.2, 0) is 14.4 Å². The molecule has 90 valence electrons. The number of carboxylic acid groups (broad SMARTS) is 1. The van der Waals surface area contributed by atoms with Gasteiger partial charge in [-0.05, 0) is 13.8 Å². The molecule has 4 N–H and O–H groups in total. The van der Waals surface area contributed by atoms with Gasteiger partial charge in [-0.25, -0.2) is 4.79 Å². The molecule has 0 aromatic carbocycles. The number of amides is 2. The van der Waals surface area contributed by atoms with Crippen molar-refractivity contribution in [3.63, 3.8) is 0 Å². The molecule has 2 amide bonds. The summed E-state index contributed by atoms with van der Waals surface area (Å²) in [5.74, 6) is -1.73. The second kappa shape index (κ2) is 4.48. The first-order valence-corrected chi connectivity index (χ1v) is 4.88. The summed E-state index contributed by atoms with van der Waals surface area (Å²) in [4.78, 5) is 33.2. The van der Waals surface area contributed by atoms with Crippen molar-refractivity contribution >= 4 is 17.8 Å². The van der Waals surface area contributed by atoms with Gasteiger partial charge in [0.05, 0.1) is 6.54 Å². The van der Waals surface area contributed by atoms with Crippen LogP contribution in [-0.4, -0.2) is 47.6 Å². The molecule has 0 saturated carbocycles. The number of carboxylic acids is 1. The molecule has 7 nitrogen and oxygen atoms in total. The summed E-state index contributed by atoms with van der Waals surface area (Å²) in [6, 6.07) is -0.587. The molecule has 1 saturated heterocycles. The summed E-state index contributed by atoms with van der Waals surface area (Å²) in [5.41, 5.74) is -1.32. The molecule has 1 rings (SSSR count). The summed E-state index contributed by atoms with van der Waals surface area (Å²) in [5, 5.41) is 16.4. The quantitative estimate of drug-likeness (QED) is 0.450. The van der Waals surface area contributed by atoms with E-state index in [4.69, 9.17) is 5.11 Å². The van der Waals surface area contributed by atoms with Crippen molar-refractivity contribution in [2.24, 2.45) is 0 Å². The van der Waals surface area contributed by atoms with Crippen molar-refractivity contribution in [2.45, 2.75) is 25.4 Å². The molecule has 0 bridgehead atoms. The van der Waals surface area contributed by atoms with Gasteiger partial charge in [0.25, 0.3) is 0 Å². The van der Waals surface area contributed by atoms with Gasteiger partial charge in [-0.3, -0.25) is 14.9 Å². The van der Waals surface area contributed by atoms with E-state index < -0.39 is 23.5 Å². The smallest absolute Gasteiger partial charge is 0.328 e. The standard InChI is InChI=1S/C9H15N3O4/c1-9(2,8(15)16)12-7(14)5-3-11-6(13)4-10-5/h5,10H,3-4H2,1-2H3,(H,11,13)(H,12,14)(H,15,16). The molecule has 0 aromatic rings. The Kier molecular flexibility index (Phi) is 3.48. The maximum atomic E-state index is 11.6. The van der Waals surface area contributed by atoms with Crippen LogP contribution in [0.25, 0.3) is 0 Å². The Labute approximate surface area is 92.6 Å². The zero-order chi connectivity index (χ0) is 12.3. The number of nitrogens with one attached hydrogen (secondary N) is 3. The van der Waals surface area contributed by atoms with Gasteiger partial charge >= 0.3 is 5.97 Å². The molecule has 0 aromatic heterocycles. The van der Waals surface area contributed by atoms with Gasteiger partial charge in [0.2, 0.25) is 11.8 Å². The van der Waals surface area contributed by atoms with Gasteiger partial charge in [-0.15, -0.1) is 0 Å². The van der Waals surface area contributed by atoms with Gasteiger partial charge in [0, 0.05) is 6.54 Å². The second-order valence-corrected chi connectivity index (χ2v) is 4.16. The molecule has 0 radical (unpaired) electrons. The van der Waals surface area contributed by atoms with Crippen LogP contribution in [0.5, 0.6) is 0 Å². The van der Waals surface area contributed by atoms with E-state index in [1.54, 1.807) is 0 Å². The fourth-order valence-electron chi connectivity index (χ4n) is 1.20. The van der Waals surface area contributed by atoms with Crippen molar-refractivity contribution in [3.8, 4) is 0 Å². The highest BCUT2D eigenvalue weighted by molar-refractivity contribution is 5.91. The minimum atomic E-state index is -1.32. The molecule has 7 heteroatoms. The van der Waals surface area contributed by atoms with Crippen molar-refractivity contribution in [1.82, 2.24) is 16.0 Å². The number of rotatable bonds is 3. The first-order valence-electron chi connectivity index (χ1n) is 4.88. The summed E-state index contributed by atoms with van der Waals surface area (Å²) < 4.78 is 0. The zero-order valence-electron chi connectivity index (χ0n) is 9.16. The predicted octanol–water partition coefficient (Wildman–Crippen LogP) is -1.95. The molecule has 1 fully saturated rings. The Morgan fingerprint density at radius 2 is 2.12 bits per heavy atom. The number of carbonyl (C=O) groups is 3. The predicted molar refractivity (Wildman–Crippen MR) is 54.7 cm³/mol. The lowest BCUT2D eigenvalue weighted by atomic mass is 10.1. The van der Waals surface area contributed by atoms with Gasteiger partial charge < -0.3 is 15.7 Å². The average molecular weight is 229 g/mol. The molecular weight excluding hydrogens is 214 g/mol. The molecule has 1 unspecified atom stereocenters. The van der Waals surface area contributed by atoms with Gasteiger partial charge in [-0.1, -0.05) is 0 Å². The highest BCUT2D eigenvalue weighted by Gasteiger charge is 2.33. The second-order valence-electron chi connectivity index (χ2n) is 4.16. The van der Waals surface area contributed by atoms with Crippen molar-refractivity contribution in [3.05, 3.63) is 0 Å². The summed E-state index contributed by atoms with van der Waals surface area (Å²) >= 11 is 0. The number of carbonyl (C=O) groups excluding carboxylic acids is 2. The Morgan fingerprint density at radius 3 is 2.56 bits per heavy atom. The van der Waals surface area contributed by atoms with Crippen LogP contribution in [0.2, 0.25) is 0 Å². The molecule has 1 atom stereocenters. The lowest BCUT2D eigenvalue weighted by molar-refractivity contribution is -0.146. The van der Waals surface area contributed by atoms with Crippen molar-refractivity contribution < 1.29 is 19.5 Å². The van der Waals surface area contributed by atoms with Crippen LogP contribution < -0.4 is 16.0 Å². The lowest BCUT2D eigenvalue weighted by Crippen LogP contribution is -2.62. The van der Waals surface area contributed by atoms with E-state index in [0.717, 1.165) is 0 Å². The first-order chi connectivity index (χ1) is 7.33. The summed E-state index contributed by atoms with van der Waals surface area (Å²) in [6.45, 7) is 3.02. The van der Waals surface area contributed by atoms with Crippen LogP contribution >= 0.6 is 0 Å². The lowest BCUT2D eigenvalue weighted by Gasteiger charge is -2.27. The Hall–Kier alpha value is -1.63. The van der Waals surface area contributed by atoms with E-state index in [1.807, 2.05) is 0 Å². The fourth-order valence-corrected chi connectivity index (χ4v) is 1.20. The van der Waals surface area contributed by atoms with E-state index in [2.05, 4.69) is 16.0 Å². The number of hydrogen-bond donors (Lipinski definition) is 4. The van der Waals surface area contributed by atoms with E-state index in [9.17, 15) is 14.4 Å². The van der Waals surface area contributed by atoms with Crippen LogP contribution in [0.3, 0.4) is 0 Å². The minimum Gasteiger partial charge on any atom is -0.480 e. The zero-order valence-corrected chi connectivity index (χ0v) is 9.16. The third-order valence-corrected chi connectivity index (χ3v) is 2.30.